The molecule has 1 heterocycles. The van der Waals surface area contributed by atoms with E-state index in [0.29, 0.717) is 0 Å². The molecule has 1 aromatic heterocycles. The standard InChI is InChI=1S/C45H34ClNO/c1-27-22-36(43-35-20-18-29-12-8-9-15-33(29)44(35)45(3,4)38(43)23-27)30-24-39(46)28(2)40(25-30)47(31-13-6-5-7-14-31)32-19-21-42-37(26-32)34-16-10-11-17-41(34)48-42/h5-26H,1-4H3. The van der Waals surface area contributed by atoms with E-state index in [1.165, 1.54) is 44.2 Å². The summed E-state index contributed by atoms with van der Waals surface area (Å²) < 4.78 is 6.20. The van der Waals surface area contributed by atoms with Crippen LogP contribution in [0.5, 0.6) is 0 Å². The van der Waals surface area contributed by atoms with Crippen LogP contribution in [0.1, 0.15) is 36.1 Å². The summed E-state index contributed by atoms with van der Waals surface area (Å²) in [7, 11) is 0. The van der Waals surface area contributed by atoms with Gasteiger partial charge in [0.25, 0.3) is 0 Å². The minimum atomic E-state index is -0.150. The van der Waals surface area contributed by atoms with E-state index >= 15 is 0 Å². The molecule has 8 aromatic rings. The van der Waals surface area contributed by atoms with E-state index < -0.39 is 0 Å². The Morgan fingerprint density at radius 1 is 0.604 bits per heavy atom. The minimum Gasteiger partial charge on any atom is -0.456 e. The lowest BCUT2D eigenvalue weighted by molar-refractivity contribution is 0.665. The van der Waals surface area contributed by atoms with E-state index in [-0.39, 0.29) is 5.41 Å². The van der Waals surface area contributed by atoms with Gasteiger partial charge < -0.3 is 9.32 Å². The first-order chi connectivity index (χ1) is 23.3. The summed E-state index contributed by atoms with van der Waals surface area (Å²) in [6, 6.07) is 47.8. The molecule has 0 atom stereocenters. The van der Waals surface area contributed by atoms with Gasteiger partial charge >= 0.3 is 0 Å². The van der Waals surface area contributed by atoms with Crippen LogP contribution in [-0.4, -0.2) is 0 Å². The molecule has 0 fully saturated rings. The summed E-state index contributed by atoms with van der Waals surface area (Å²) in [5, 5.41) is 5.53. The van der Waals surface area contributed by atoms with Crippen molar-refractivity contribution in [2.75, 3.05) is 4.90 Å². The van der Waals surface area contributed by atoms with Crippen LogP contribution in [0.2, 0.25) is 5.02 Å². The maximum absolute atomic E-state index is 7.23. The van der Waals surface area contributed by atoms with Gasteiger partial charge in [0.05, 0.1) is 5.69 Å². The smallest absolute Gasteiger partial charge is 0.135 e. The van der Waals surface area contributed by atoms with Crippen LogP contribution in [-0.2, 0) is 5.41 Å². The monoisotopic (exact) mass is 639 g/mol. The molecule has 1 aliphatic carbocycles. The van der Waals surface area contributed by atoms with E-state index in [9.17, 15) is 0 Å². The number of hydrogen-bond donors (Lipinski definition) is 0. The van der Waals surface area contributed by atoms with Crippen LogP contribution in [0.3, 0.4) is 0 Å². The van der Waals surface area contributed by atoms with Gasteiger partial charge in [-0.1, -0.05) is 116 Å². The Morgan fingerprint density at radius 2 is 1.33 bits per heavy atom. The Morgan fingerprint density at radius 3 is 2.17 bits per heavy atom. The Bertz CT molecular complexity index is 2580. The van der Waals surface area contributed by atoms with Crippen molar-refractivity contribution >= 4 is 61.4 Å². The third-order valence-corrected chi connectivity index (χ3v) is 10.7. The minimum absolute atomic E-state index is 0.150. The first-order valence-electron chi connectivity index (χ1n) is 16.5. The summed E-state index contributed by atoms with van der Waals surface area (Å²) in [5.41, 5.74) is 14.7. The normalized spacial score (nSPS) is 13.3. The quantitative estimate of drug-likeness (QED) is 0.190. The van der Waals surface area contributed by atoms with Gasteiger partial charge in [-0.2, -0.15) is 0 Å². The maximum Gasteiger partial charge on any atom is 0.135 e. The number of furan rings is 1. The van der Waals surface area contributed by atoms with Crippen LogP contribution in [0.4, 0.5) is 17.1 Å². The molecule has 0 N–H and O–H groups in total. The second-order valence-electron chi connectivity index (χ2n) is 13.6. The predicted octanol–water partition coefficient (Wildman–Crippen LogP) is 13.5. The molecule has 9 rings (SSSR count). The Kier molecular flexibility index (Phi) is 6.38. The van der Waals surface area contributed by atoms with Crippen molar-refractivity contribution < 1.29 is 4.42 Å². The summed E-state index contributed by atoms with van der Waals surface area (Å²) in [6.45, 7) is 9.06. The molecule has 232 valence electrons. The average Bonchev–Trinajstić information content (AvgIpc) is 3.58. The molecule has 3 heteroatoms. The number of benzene rings is 7. The van der Waals surface area contributed by atoms with Gasteiger partial charge in [-0.3, -0.25) is 0 Å². The van der Waals surface area contributed by atoms with Gasteiger partial charge in [-0.15, -0.1) is 0 Å². The van der Waals surface area contributed by atoms with E-state index in [0.717, 1.165) is 55.2 Å². The fraction of sp³-hybridized carbons (Fsp3) is 0.111. The summed E-state index contributed by atoms with van der Waals surface area (Å²) in [6.07, 6.45) is 0. The van der Waals surface area contributed by atoms with Gasteiger partial charge in [-0.25, -0.2) is 0 Å². The first kappa shape index (κ1) is 28.9. The lowest BCUT2D eigenvalue weighted by Crippen LogP contribution is -2.15. The number of anilines is 3. The Labute approximate surface area is 285 Å². The van der Waals surface area contributed by atoms with Crippen molar-refractivity contribution in [3.63, 3.8) is 0 Å². The number of fused-ring (bicyclic) bond motifs is 8. The van der Waals surface area contributed by atoms with Crippen LogP contribution in [0.25, 0.3) is 55.0 Å². The molecule has 2 nitrogen and oxygen atoms in total. The summed E-state index contributed by atoms with van der Waals surface area (Å²) in [4.78, 5) is 2.33. The highest BCUT2D eigenvalue weighted by Crippen LogP contribution is 2.55. The molecule has 0 spiro atoms. The summed E-state index contributed by atoms with van der Waals surface area (Å²) >= 11 is 7.23. The molecule has 1 aliphatic rings. The molecule has 0 bridgehead atoms. The van der Waals surface area contributed by atoms with E-state index in [2.05, 4.69) is 154 Å². The molecule has 0 saturated carbocycles. The van der Waals surface area contributed by atoms with Crippen LogP contribution >= 0.6 is 11.6 Å². The molecule has 0 aliphatic heterocycles. The summed E-state index contributed by atoms with van der Waals surface area (Å²) in [5.74, 6) is 0. The molecule has 0 radical (unpaired) electrons. The number of para-hydroxylation sites is 2. The zero-order valence-corrected chi connectivity index (χ0v) is 28.2. The molecule has 48 heavy (non-hydrogen) atoms. The van der Waals surface area contributed by atoms with Gasteiger partial charge in [0.15, 0.2) is 0 Å². The van der Waals surface area contributed by atoms with Crippen molar-refractivity contribution in [3.05, 3.63) is 161 Å². The highest BCUT2D eigenvalue weighted by Gasteiger charge is 2.38. The van der Waals surface area contributed by atoms with E-state index in [1.807, 2.05) is 12.1 Å². The van der Waals surface area contributed by atoms with Crippen molar-refractivity contribution in [3.8, 4) is 22.3 Å². The molecular weight excluding hydrogens is 606 g/mol. The SMILES string of the molecule is Cc1cc(-c2cc(Cl)c(C)c(N(c3ccccc3)c3ccc4oc5ccccc5c4c3)c2)c2c(c1)C(C)(C)c1c-2ccc2ccccc12. The van der Waals surface area contributed by atoms with Crippen LogP contribution in [0.15, 0.2) is 138 Å². The number of nitrogens with zero attached hydrogens (tertiary/aromatic N) is 1. The highest BCUT2D eigenvalue weighted by atomic mass is 35.5. The number of halogens is 1. The Hall–Kier alpha value is -5.31. The van der Waals surface area contributed by atoms with Gasteiger partial charge in [0, 0.05) is 32.6 Å². The molecular formula is C45H34ClNO. The molecule has 0 unspecified atom stereocenters. The number of hydrogen-bond acceptors (Lipinski definition) is 2. The fourth-order valence-electron chi connectivity index (χ4n) is 7.99. The third-order valence-electron chi connectivity index (χ3n) is 10.3. The van der Waals surface area contributed by atoms with E-state index in [1.54, 1.807) is 0 Å². The van der Waals surface area contributed by atoms with E-state index in [4.69, 9.17) is 16.0 Å². The lowest BCUT2D eigenvalue weighted by Gasteiger charge is -2.28. The highest BCUT2D eigenvalue weighted by molar-refractivity contribution is 6.32. The predicted molar refractivity (Wildman–Crippen MR) is 203 cm³/mol. The second-order valence-corrected chi connectivity index (χ2v) is 14.0. The topological polar surface area (TPSA) is 16.4 Å². The zero-order valence-electron chi connectivity index (χ0n) is 27.4. The first-order valence-corrected chi connectivity index (χ1v) is 16.9. The zero-order chi connectivity index (χ0) is 32.7. The average molecular weight is 640 g/mol. The molecule has 0 saturated heterocycles. The second kappa shape index (κ2) is 10.6. The van der Waals surface area contributed by atoms with Crippen molar-refractivity contribution in [2.45, 2.75) is 33.1 Å². The van der Waals surface area contributed by atoms with Gasteiger partial charge in [-0.05, 0) is 112 Å². The number of aryl methyl sites for hydroxylation is 1. The van der Waals surface area contributed by atoms with Crippen LogP contribution < -0.4 is 4.90 Å². The largest absolute Gasteiger partial charge is 0.456 e. The van der Waals surface area contributed by atoms with Gasteiger partial charge in [0.1, 0.15) is 11.2 Å². The van der Waals surface area contributed by atoms with Crippen LogP contribution in [0, 0.1) is 13.8 Å². The Balaban J connectivity index is 1.30. The maximum atomic E-state index is 7.23. The van der Waals surface area contributed by atoms with Gasteiger partial charge in [0.2, 0.25) is 0 Å². The van der Waals surface area contributed by atoms with Crippen molar-refractivity contribution in [1.82, 2.24) is 0 Å². The molecule has 7 aromatic carbocycles. The third kappa shape index (κ3) is 4.26. The number of rotatable bonds is 4. The lowest BCUT2D eigenvalue weighted by atomic mass is 9.79. The van der Waals surface area contributed by atoms with Crippen molar-refractivity contribution in [1.29, 1.82) is 0 Å². The van der Waals surface area contributed by atoms with Crippen molar-refractivity contribution in [2.24, 2.45) is 0 Å². The fourth-order valence-corrected chi connectivity index (χ4v) is 8.21. The molecule has 0 amide bonds.